The summed E-state index contributed by atoms with van der Waals surface area (Å²) in [6, 6.07) is 16.3. The topological polar surface area (TPSA) is 73.5 Å². The summed E-state index contributed by atoms with van der Waals surface area (Å²) in [5.41, 5.74) is 1.05. The lowest BCUT2D eigenvalue weighted by Gasteiger charge is -2.25. The van der Waals surface area contributed by atoms with Gasteiger partial charge in [0, 0.05) is 24.7 Å². The minimum Gasteiger partial charge on any atom is -0.493 e. The minimum absolute atomic E-state index is 0.113. The normalized spacial score (nSPS) is 15.6. The van der Waals surface area contributed by atoms with E-state index in [4.69, 9.17) is 9.15 Å². The van der Waals surface area contributed by atoms with Gasteiger partial charge in [0.05, 0.1) is 13.2 Å². The zero-order chi connectivity index (χ0) is 18.6. The number of carbonyl (C=O) groups is 1. The van der Waals surface area contributed by atoms with E-state index >= 15 is 0 Å². The summed E-state index contributed by atoms with van der Waals surface area (Å²) < 4.78 is 12.9. The average Bonchev–Trinajstić information content (AvgIpc) is 3.16. The van der Waals surface area contributed by atoms with Crippen molar-refractivity contribution in [1.29, 1.82) is 0 Å². The third-order valence-electron chi connectivity index (χ3n) is 4.62. The monoisotopic (exact) mass is 364 g/mol. The Bertz CT molecular complexity index is 1000. The lowest BCUT2D eigenvalue weighted by Crippen LogP contribution is -2.34. The van der Waals surface area contributed by atoms with Crippen molar-refractivity contribution in [2.24, 2.45) is 5.92 Å². The van der Waals surface area contributed by atoms with E-state index in [1.807, 2.05) is 24.3 Å². The molecule has 0 spiro atoms. The second kappa shape index (κ2) is 7.53. The van der Waals surface area contributed by atoms with Gasteiger partial charge in [-0.05, 0) is 36.2 Å². The molecule has 1 aliphatic rings. The highest BCUT2D eigenvalue weighted by Crippen LogP contribution is 2.26. The van der Waals surface area contributed by atoms with Crippen LogP contribution in [0, 0.1) is 5.92 Å². The number of amides is 1. The Morgan fingerprint density at radius 3 is 2.85 bits per heavy atom. The SMILES string of the molecule is O=C(NCC1COc2ccccc2C1)c1ccc(Cn2ccccc2=O)o1. The smallest absolute Gasteiger partial charge is 0.287 e. The number of hydrogen-bond acceptors (Lipinski definition) is 4. The van der Waals surface area contributed by atoms with Crippen LogP contribution in [0.2, 0.25) is 0 Å². The van der Waals surface area contributed by atoms with Crippen LogP contribution in [0.15, 0.2) is 70.0 Å². The highest BCUT2D eigenvalue weighted by Gasteiger charge is 2.21. The van der Waals surface area contributed by atoms with Gasteiger partial charge < -0.3 is 19.0 Å². The molecule has 3 aromatic rings. The lowest BCUT2D eigenvalue weighted by atomic mass is 9.97. The van der Waals surface area contributed by atoms with E-state index < -0.39 is 0 Å². The first-order chi connectivity index (χ1) is 13.2. The van der Waals surface area contributed by atoms with E-state index in [-0.39, 0.29) is 23.1 Å². The summed E-state index contributed by atoms with van der Waals surface area (Å²) in [6.45, 7) is 1.39. The minimum atomic E-state index is -0.263. The molecule has 0 fully saturated rings. The van der Waals surface area contributed by atoms with Gasteiger partial charge in [-0.1, -0.05) is 24.3 Å². The van der Waals surface area contributed by atoms with Crippen LogP contribution in [0.1, 0.15) is 21.9 Å². The summed E-state index contributed by atoms with van der Waals surface area (Å²) in [4.78, 5) is 24.1. The summed E-state index contributed by atoms with van der Waals surface area (Å²) in [5.74, 6) is 1.68. The van der Waals surface area contributed by atoms with Gasteiger partial charge in [-0.15, -0.1) is 0 Å². The first kappa shape index (κ1) is 17.1. The summed E-state index contributed by atoms with van der Waals surface area (Å²) >= 11 is 0. The summed E-state index contributed by atoms with van der Waals surface area (Å²) in [7, 11) is 0. The number of pyridine rings is 1. The van der Waals surface area contributed by atoms with Crippen molar-refractivity contribution in [1.82, 2.24) is 9.88 Å². The number of furan rings is 1. The van der Waals surface area contributed by atoms with Crippen molar-refractivity contribution in [2.75, 3.05) is 13.2 Å². The Labute approximate surface area is 156 Å². The van der Waals surface area contributed by atoms with Crippen LogP contribution in [0.3, 0.4) is 0 Å². The molecule has 4 rings (SSSR count). The first-order valence-electron chi connectivity index (χ1n) is 8.92. The summed E-state index contributed by atoms with van der Waals surface area (Å²) in [6.07, 6.45) is 2.56. The van der Waals surface area contributed by atoms with Gasteiger partial charge in [0.15, 0.2) is 5.76 Å². The number of nitrogens with one attached hydrogen (secondary N) is 1. The Kier molecular flexibility index (Phi) is 4.78. The maximum Gasteiger partial charge on any atom is 0.287 e. The molecular formula is C21H20N2O4. The quantitative estimate of drug-likeness (QED) is 0.755. The number of carbonyl (C=O) groups excluding carboxylic acids is 1. The van der Waals surface area contributed by atoms with Crippen LogP contribution in [-0.4, -0.2) is 23.6 Å². The Hall–Kier alpha value is -3.28. The maximum atomic E-state index is 12.4. The third kappa shape index (κ3) is 3.95. The molecule has 0 saturated heterocycles. The molecule has 138 valence electrons. The highest BCUT2D eigenvalue weighted by atomic mass is 16.5. The number of nitrogens with zero attached hydrogens (tertiary/aromatic N) is 1. The van der Waals surface area contributed by atoms with Crippen molar-refractivity contribution >= 4 is 5.91 Å². The van der Waals surface area contributed by atoms with E-state index in [9.17, 15) is 9.59 Å². The zero-order valence-electron chi connectivity index (χ0n) is 14.8. The molecule has 1 atom stereocenters. The number of rotatable bonds is 5. The fraction of sp³-hybridized carbons (Fsp3) is 0.238. The Balaban J connectivity index is 1.34. The van der Waals surface area contributed by atoms with Crippen molar-refractivity contribution in [2.45, 2.75) is 13.0 Å². The molecule has 2 aromatic heterocycles. The molecule has 6 heteroatoms. The second-order valence-corrected chi connectivity index (χ2v) is 6.63. The second-order valence-electron chi connectivity index (χ2n) is 6.63. The predicted octanol–water partition coefficient (Wildman–Crippen LogP) is 2.47. The van der Waals surface area contributed by atoms with Gasteiger partial charge in [0.25, 0.3) is 11.5 Å². The molecule has 1 N–H and O–H groups in total. The van der Waals surface area contributed by atoms with Crippen LogP contribution < -0.4 is 15.6 Å². The molecule has 3 heterocycles. The average molecular weight is 364 g/mol. The van der Waals surface area contributed by atoms with Gasteiger partial charge >= 0.3 is 0 Å². The van der Waals surface area contributed by atoms with Crippen LogP contribution in [-0.2, 0) is 13.0 Å². The van der Waals surface area contributed by atoms with Crippen LogP contribution >= 0.6 is 0 Å². The third-order valence-corrected chi connectivity index (χ3v) is 4.62. The molecule has 1 aromatic carbocycles. The van der Waals surface area contributed by atoms with E-state index in [2.05, 4.69) is 5.32 Å². The number of aromatic nitrogens is 1. The fourth-order valence-electron chi connectivity index (χ4n) is 3.19. The number of benzene rings is 1. The highest BCUT2D eigenvalue weighted by molar-refractivity contribution is 5.91. The molecule has 0 bridgehead atoms. The van der Waals surface area contributed by atoms with Gasteiger partial charge in [0.1, 0.15) is 11.5 Å². The molecule has 1 amide bonds. The molecule has 6 nitrogen and oxygen atoms in total. The van der Waals surface area contributed by atoms with Gasteiger partial charge in [0.2, 0.25) is 0 Å². The van der Waals surface area contributed by atoms with Gasteiger partial charge in [-0.3, -0.25) is 9.59 Å². The number of para-hydroxylation sites is 1. The standard InChI is InChI=1S/C21H20N2O4/c24-20-7-3-4-10-23(20)13-17-8-9-19(27-17)21(25)22-12-15-11-16-5-1-2-6-18(16)26-14-15/h1-10,15H,11-14H2,(H,22,25). The van der Waals surface area contributed by atoms with Gasteiger partial charge in [-0.25, -0.2) is 0 Å². The molecule has 27 heavy (non-hydrogen) atoms. The predicted molar refractivity (Wildman–Crippen MR) is 100.0 cm³/mol. The summed E-state index contributed by atoms with van der Waals surface area (Å²) in [5, 5.41) is 2.91. The van der Waals surface area contributed by atoms with E-state index in [0.29, 0.717) is 25.5 Å². The molecule has 0 saturated carbocycles. The molecule has 1 unspecified atom stereocenters. The van der Waals surface area contributed by atoms with E-state index in [1.165, 1.54) is 10.6 Å². The molecule has 0 radical (unpaired) electrons. The number of fused-ring (bicyclic) bond motifs is 1. The van der Waals surface area contributed by atoms with E-state index in [1.54, 1.807) is 30.5 Å². The Morgan fingerprint density at radius 1 is 1.11 bits per heavy atom. The fourth-order valence-corrected chi connectivity index (χ4v) is 3.19. The number of ether oxygens (including phenoxy) is 1. The molecule has 0 aliphatic carbocycles. The number of hydrogen-bond donors (Lipinski definition) is 1. The van der Waals surface area contributed by atoms with Crippen molar-refractivity contribution in [3.05, 3.63) is 88.2 Å². The largest absolute Gasteiger partial charge is 0.493 e. The molecule has 1 aliphatic heterocycles. The van der Waals surface area contributed by atoms with Crippen molar-refractivity contribution < 1.29 is 13.9 Å². The van der Waals surface area contributed by atoms with Crippen LogP contribution in [0.25, 0.3) is 0 Å². The Morgan fingerprint density at radius 2 is 1.96 bits per heavy atom. The van der Waals surface area contributed by atoms with Crippen LogP contribution in [0.4, 0.5) is 0 Å². The zero-order valence-corrected chi connectivity index (χ0v) is 14.8. The van der Waals surface area contributed by atoms with Crippen LogP contribution in [0.5, 0.6) is 5.75 Å². The lowest BCUT2D eigenvalue weighted by molar-refractivity contribution is 0.0909. The maximum absolute atomic E-state index is 12.4. The van der Waals surface area contributed by atoms with Crippen molar-refractivity contribution in [3.63, 3.8) is 0 Å². The van der Waals surface area contributed by atoms with E-state index in [0.717, 1.165) is 17.7 Å². The van der Waals surface area contributed by atoms with Crippen molar-refractivity contribution in [3.8, 4) is 5.75 Å². The first-order valence-corrected chi connectivity index (χ1v) is 8.92. The van der Waals surface area contributed by atoms with Gasteiger partial charge in [-0.2, -0.15) is 0 Å². The molecular weight excluding hydrogens is 344 g/mol.